The van der Waals surface area contributed by atoms with Crippen molar-refractivity contribution in [1.29, 1.82) is 0 Å². The van der Waals surface area contributed by atoms with Crippen molar-refractivity contribution in [3.8, 4) is 0 Å². The minimum absolute atomic E-state index is 0.0102. The zero-order valence-electron chi connectivity index (χ0n) is 14.1. The van der Waals surface area contributed by atoms with Crippen LogP contribution in [0.2, 0.25) is 0 Å². The Balaban J connectivity index is 1.94. The number of carbonyl (C=O) groups is 1. The molecule has 1 aliphatic heterocycles. The van der Waals surface area contributed by atoms with Crippen LogP contribution in [0.3, 0.4) is 0 Å². The van der Waals surface area contributed by atoms with Gasteiger partial charge in [0.2, 0.25) is 15.9 Å². The Morgan fingerprint density at radius 2 is 1.83 bits per heavy atom. The molecule has 0 unspecified atom stereocenters. The second-order valence-electron chi connectivity index (χ2n) is 6.32. The number of hydrogen-bond acceptors (Lipinski definition) is 3. The highest BCUT2D eigenvalue weighted by Gasteiger charge is 2.29. The van der Waals surface area contributed by atoms with Crippen LogP contribution in [0.25, 0.3) is 0 Å². The van der Waals surface area contributed by atoms with Crippen molar-refractivity contribution in [3.05, 3.63) is 35.4 Å². The van der Waals surface area contributed by atoms with Crippen molar-refractivity contribution in [2.75, 3.05) is 19.3 Å². The van der Waals surface area contributed by atoms with Gasteiger partial charge in [-0.15, -0.1) is 0 Å². The van der Waals surface area contributed by atoms with Crippen molar-refractivity contribution in [1.82, 2.24) is 9.62 Å². The van der Waals surface area contributed by atoms with Gasteiger partial charge in [-0.1, -0.05) is 36.8 Å². The van der Waals surface area contributed by atoms with Gasteiger partial charge >= 0.3 is 0 Å². The molecular formula is C17H26N2O3S. The third-order valence-electron chi connectivity index (χ3n) is 4.50. The molecule has 1 aromatic carbocycles. The molecule has 0 spiro atoms. The highest BCUT2D eigenvalue weighted by molar-refractivity contribution is 7.88. The molecule has 23 heavy (non-hydrogen) atoms. The van der Waals surface area contributed by atoms with Crippen molar-refractivity contribution in [2.45, 2.75) is 39.2 Å². The number of hydrogen-bond donors (Lipinski definition) is 1. The number of nitrogens with one attached hydrogen (secondary N) is 1. The first-order valence-corrected chi connectivity index (χ1v) is 9.98. The third-order valence-corrected chi connectivity index (χ3v) is 5.80. The van der Waals surface area contributed by atoms with Gasteiger partial charge in [-0.05, 0) is 31.7 Å². The Labute approximate surface area is 139 Å². The maximum atomic E-state index is 12.5. The molecule has 6 heteroatoms. The number of nitrogens with zero attached hydrogens (tertiary/aromatic N) is 1. The molecular weight excluding hydrogens is 312 g/mol. The van der Waals surface area contributed by atoms with Crippen molar-refractivity contribution < 1.29 is 13.2 Å². The monoisotopic (exact) mass is 338 g/mol. The maximum absolute atomic E-state index is 12.5. The molecule has 1 aliphatic rings. The first-order chi connectivity index (χ1) is 10.8. The fourth-order valence-corrected chi connectivity index (χ4v) is 3.83. The summed E-state index contributed by atoms with van der Waals surface area (Å²) >= 11 is 0. The second-order valence-corrected chi connectivity index (χ2v) is 8.30. The summed E-state index contributed by atoms with van der Waals surface area (Å²) in [5.74, 6) is -0.0712. The smallest absolute Gasteiger partial charge is 0.223 e. The van der Waals surface area contributed by atoms with Gasteiger partial charge in [-0.2, -0.15) is 0 Å². The van der Waals surface area contributed by atoms with E-state index in [1.54, 1.807) is 0 Å². The Hall–Kier alpha value is -1.40. The molecule has 0 saturated carbocycles. The van der Waals surface area contributed by atoms with Gasteiger partial charge < -0.3 is 5.32 Å². The number of benzene rings is 1. The number of carbonyl (C=O) groups excluding carboxylic acids is 1. The Kier molecular flexibility index (Phi) is 5.81. The minimum atomic E-state index is -3.15. The van der Waals surface area contributed by atoms with E-state index in [0.717, 1.165) is 12.0 Å². The molecule has 1 amide bonds. The predicted octanol–water partition coefficient (Wildman–Crippen LogP) is 2.23. The zero-order chi connectivity index (χ0) is 17.0. The molecule has 5 nitrogen and oxygen atoms in total. The lowest BCUT2D eigenvalue weighted by Crippen LogP contribution is -2.43. The summed E-state index contributed by atoms with van der Waals surface area (Å²) in [7, 11) is -3.15. The van der Waals surface area contributed by atoms with Crippen LogP contribution in [0, 0.1) is 12.8 Å². The van der Waals surface area contributed by atoms with E-state index in [0.29, 0.717) is 25.9 Å². The van der Waals surface area contributed by atoms with E-state index in [2.05, 4.69) is 36.5 Å². The van der Waals surface area contributed by atoms with Gasteiger partial charge in [-0.25, -0.2) is 12.7 Å². The third kappa shape index (κ3) is 4.78. The Morgan fingerprint density at radius 3 is 2.30 bits per heavy atom. The standard InChI is InChI=1S/C17H26N2O3S/c1-4-16(14-7-5-13(2)6-8-14)18-17(20)15-9-11-19(12-10-15)23(3,21)22/h5-8,15-16H,4,9-12H2,1-3H3,(H,18,20)/t16-/m0/s1. The van der Waals surface area contributed by atoms with Gasteiger partial charge in [0, 0.05) is 19.0 Å². The fraction of sp³-hybridized carbons (Fsp3) is 0.588. The van der Waals surface area contributed by atoms with Crippen LogP contribution in [-0.4, -0.2) is 38.0 Å². The number of sulfonamides is 1. The van der Waals surface area contributed by atoms with E-state index in [-0.39, 0.29) is 17.9 Å². The van der Waals surface area contributed by atoms with Crippen LogP contribution in [0.5, 0.6) is 0 Å². The van der Waals surface area contributed by atoms with E-state index in [9.17, 15) is 13.2 Å². The van der Waals surface area contributed by atoms with E-state index in [1.165, 1.54) is 16.1 Å². The van der Waals surface area contributed by atoms with Crippen LogP contribution in [-0.2, 0) is 14.8 Å². The first kappa shape index (κ1) is 17.9. The van der Waals surface area contributed by atoms with Crippen LogP contribution in [0.4, 0.5) is 0 Å². The molecule has 0 aliphatic carbocycles. The van der Waals surface area contributed by atoms with Gasteiger partial charge in [-0.3, -0.25) is 4.79 Å². The van der Waals surface area contributed by atoms with Crippen molar-refractivity contribution in [2.24, 2.45) is 5.92 Å². The molecule has 1 heterocycles. The van der Waals surface area contributed by atoms with Gasteiger partial charge in [0.15, 0.2) is 0 Å². The Bertz CT molecular complexity index is 632. The van der Waals surface area contributed by atoms with Crippen molar-refractivity contribution in [3.63, 3.8) is 0 Å². The summed E-state index contributed by atoms with van der Waals surface area (Å²) in [6, 6.07) is 8.21. The lowest BCUT2D eigenvalue weighted by molar-refractivity contribution is -0.126. The highest BCUT2D eigenvalue weighted by atomic mass is 32.2. The highest BCUT2D eigenvalue weighted by Crippen LogP contribution is 2.22. The lowest BCUT2D eigenvalue weighted by Gasteiger charge is -2.30. The summed E-state index contributed by atoms with van der Waals surface area (Å²) in [4.78, 5) is 12.5. The van der Waals surface area contributed by atoms with E-state index >= 15 is 0 Å². The summed E-state index contributed by atoms with van der Waals surface area (Å²) in [5.41, 5.74) is 2.31. The summed E-state index contributed by atoms with van der Waals surface area (Å²) in [6.45, 7) is 4.95. The fourth-order valence-electron chi connectivity index (χ4n) is 2.96. The topological polar surface area (TPSA) is 66.5 Å². The molecule has 1 fully saturated rings. The summed E-state index contributed by atoms with van der Waals surface area (Å²) in [6.07, 6.45) is 3.22. The normalized spacial score (nSPS) is 18.6. The predicted molar refractivity (Wildman–Crippen MR) is 91.5 cm³/mol. The maximum Gasteiger partial charge on any atom is 0.223 e. The summed E-state index contributed by atoms with van der Waals surface area (Å²) < 4.78 is 24.5. The van der Waals surface area contributed by atoms with Crippen LogP contribution >= 0.6 is 0 Å². The molecule has 0 aromatic heterocycles. The molecule has 0 radical (unpaired) electrons. The molecule has 1 aromatic rings. The quantitative estimate of drug-likeness (QED) is 0.895. The molecule has 2 rings (SSSR count). The van der Waals surface area contributed by atoms with Gasteiger partial charge in [0.1, 0.15) is 0 Å². The molecule has 1 saturated heterocycles. The SMILES string of the molecule is CC[C@H](NC(=O)C1CCN(S(C)(=O)=O)CC1)c1ccc(C)cc1. The van der Waals surface area contributed by atoms with E-state index < -0.39 is 10.0 Å². The largest absolute Gasteiger partial charge is 0.349 e. The van der Waals surface area contributed by atoms with Gasteiger partial charge in [0.25, 0.3) is 0 Å². The van der Waals surface area contributed by atoms with Crippen LogP contribution in [0.1, 0.15) is 43.4 Å². The second kappa shape index (κ2) is 7.45. The molecule has 1 atom stereocenters. The average Bonchev–Trinajstić information content (AvgIpc) is 2.52. The number of piperidine rings is 1. The van der Waals surface area contributed by atoms with E-state index in [1.807, 2.05) is 6.92 Å². The number of aryl methyl sites for hydroxylation is 1. The van der Waals surface area contributed by atoms with E-state index in [4.69, 9.17) is 0 Å². The lowest BCUT2D eigenvalue weighted by atomic mass is 9.95. The molecule has 128 valence electrons. The van der Waals surface area contributed by atoms with Crippen LogP contribution < -0.4 is 5.32 Å². The zero-order valence-corrected chi connectivity index (χ0v) is 14.9. The molecule has 0 bridgehead atoms. The first-order valence-electron chi connectivity index (χ1n) is 8.13. The van der Waals surface area contributed by atoms with Gasteiger partial charge in [0.05, 0.1) is 12.3 Å². The minimum Gasteiger partial charge on any atom is -0.349 e. The summed E-state index contributed by atoms with van der Waals surface area (Å²) in [5, 5.41) is 3.12. The molecule has 1 N–H and O–H groups in total. The number of amides is 1. The van der Waals surface area contributed by atoms with Crippen LogP contribution in [0.15, 0.2) is 24.3 Å². The average molecular weight is 338 g/mol. The number of rotatable bonds is 5. The van der Waals surface area contributed by atoms with Crippen molar-refractivity contribution >= 4 is 15.9 Å². The Morgan fingerprint density at radius 1 is 1.26 bits per heavy atom.